The number of rotatable bonds is 9. The fourth-order valence-corrected chi connectivity index (χ4v) is 3.06. The number of nitrogens with one attached hydrogen (secondary N) is 1. The van der Waals surface area contributed by atoms with Crippen molar-refractivity contribution in [1.82, 2.24) is 5.43 Å². The third-order valence-electron chi connectivity index (χ3n) is 4.28. The van der Waals surface area contributed by atoms with Gasteiger partial charge in [0.25, 0.3) is 5.91 Å². The van der Waals surface area contributed by atoms with Crippen molar-refractivity contribution in [2.45, 2.75) is 0 Å². The molecule has 0 aliphatic rings. The van der Waals surface area contributed by atoms with Crippen LogP contribution in [0.2, 0.25) is 10.0 Å². The van der Waals surface area contributed by atoms with E-state index < -0.39 is 11.9 Å². The summed E-state index contributed by atoms with van der Waals surface area (Å²) in [5.41, 5.74) is 3.88. The summed E-state index contributed by atoms with van der Waals surface area (Å²) < 4.78 is 15.7. The first-order valence-corrected chi connectivity index (χ1v) is 10.7. The smallest absolute Gasteiger partial charge is 0.336 e. The molecule has 0 saturated carbocycles. The summed E-state index contributed by atoms with van der Waals surface area (Å²) in [6.45, 7) is -0.266. The normalized spacial score (nSPS) is 10.9. The number of carbonyl (C=O) groups is 2. The molecule has 0 aliphatic heterocycles. The highest BCUT2D eigenvalue weighted by Gasteiger charge is 2.06. The number of hydrazone groups is 1. The summed E-state index contributed by atoms with van der Waals surface area (Å²) in [6.07, 6.45) is 4.43. The Kier molecular flexibility index (Phi) is 9.08. The van der Waals surface area contributed by atoms with Crippen molar-refractivity contribution in [2.75, 3.05) is 13.7 Å². The van der Waals surface area contributed by atoms with E-state index in [9.17, 15) is 9.59 Å². The molecule has 0 bridgehead atoms. The molecule has 3 aromatic carbocycles. The molecule has 3 rings (SSSR count). The van der Waals surface area contributed by atoms with Gasteiger partial charge in [-0.1, -0.05) is 35.3 Å². The molecule has 0 radical (unpaired) electrons. The highest BCUT2D eigenvalue weighted by atomic mass is 35.5. The van der Waals surface area contributed by atoms with Crippen LogP contribution in [0.5, 0.6) is 17.2 Å². The molecule has 0 aromatic heterocycles. The lowest BCUT2D eigenvalue weighted by Crippen LogP contribution is -2.24. The maximum absolute atomic E-state index is 12.0. The Hall–Kier alpha value is -3.81. The van der Waals surface area contributed by atoms with Crippen LogP contribution in [0.1, 0.15) is 11.1 Å². The number of benzene rings is 3. The standard InChI is InChI=1S/C25H20Cl2N2O5/c1-32-20-8-2-17(3-9-20)6-13-25(31)34-21-10-4-18(5-11-21)15-28-29-24(30)16-33-23-12-7-19(26)14-22(23)27/h2-15H,16H2,1H3,(H,29,30). The van der Waals surface area contributed by atoms with Gasteiger partial charge < -0.3 is 14.2 Å². The zero-order valence-electron chi connectivity index (χ0n) is 18.0. The Morgan fingerprint density at radius 2 is 1.62 bits per heavy atom. The van der Waals surface area contributed by atoms with Gasteiger partial charge in [0.1, 0.15) is 17.2 Å². The number of carbonyl (C=O) groups excluding carboxylic acids is 2. The first kappa shape index (κ1) is 24.8. The number of nitrogens with zero attached hydrogens (tertiary/aromatic N) is 1. The quantitative estimate of drug-likeness (QED) is 0.145. The van der Waals surface area contributed by atoms with E-state index in [1.807, 2.05) is 12.1 Å². The highest BCUT2D eigenvalue weighted by Crippen LogP contribution is 2.27. The molecule has 9 heteroatoms. The number of amides is 1. The summed E-state index contributed by atoms with van der Waals surface area (Å²) in [5, 5.41) is 4.65. The summed E-state index contributed by atoms with van der Waals surface area (Å²) in [6, 6.07) is 18.6. The largest absolute Gasteiger partial charge is 0.497 e. The van der Waals surface area contributed by atoms with Gasteiger partial charge in [0.2, 0.25) is 0 Å². The number of halogens is 2. The van der Waals surface area contributed by atoms with E-state index in [0.29, 0.717) is 27.1 Å². The van der Waals surface area contributed by atoms with Gasteiger partial charge in [0.15, 0.2) is 6.61 Å². The Labute approximate surface area is 206 Å². The van der Waals surface area contributed by atoms with Gasteiger partial charge in [-0.25, -0.2) is 10.2 Å². The maximum atomic E-state index is 12.0. The summed E-state index contributed by atoms with van der Waals surface area (Å²) in [5.74, 6) is 0.480. The molecule has 3 aromatic rings. The average Bonchev–Trinajstić information content (AvgIpc) is 2.83. The van der Waals surface area contributed by atoms with Crippen LogP contribution in [0.15, 0.2) is 77.9 Å². The first-order valence-electron chi connectivity index (χ1n) is 9.97. The van der Waals surface area contributed by atoms with Crippen LogP contribution in [0.3, 0.4) is 0 Å². The lowest BCUT2D eigenvalue weighted by molar-refractivity contribution is -0.129. The minimum atomic E-state index is -0.509. The second-order valence-corrected chi connectivity index (χ2v) is 7.60. The van der Waals surface area contributed by atoms with Crippen LogP contribution in [0.25, 0.3) is 6.08 Å². The van der Waals surface area contributed by atoms with Crippen molar-refractivity contribution in [3.63, 3.8) is 0 Å². The summed E-state index contributed by atoms with van der Waals surface area (Å²) in [4.78, 5) is 23.9. The maximum Gasteiger partial charge on any atom is 0.336 e. The first-order chi connectivity index (χ1) is 16.4. The van der Waals surface area contributed by atoms with Gasteiger partial charge in [-0.15, -0.1) is 0 Å². The number of esters is 1. The predicted octanol–water partition coefficient (Wildman–Crippen LogP) is 5.15. The molecule has 1 amide bonds. The van der Waals surface area contributed by atoms with Gasteiger partial charge in [-0.05, 0) is 71.8 Å². The van der Waals surface area contributed by atoms with Gasteiger partial charge in [-0.2, -0.15) is 5.10 Å². The monoisotopic (exact) mass is 498 g/mol. The van der Waals surface area contributed by atoms with Crippen LogP contribution in [-0.2, 0) is 9.59 Å². The van der Waals surface area contributed by atoms with Gasteiger partial charge in [0, 0.05) is 11.1 Å². The van der Waals surface area contributed by atoms with Crippen molar-refractivity contribution < 1.29 is 23.8 Å². The molecule has 0 fully saturated rings. The van der Waals surface area contributed by atoms with Gasteiger partial charge in [-0.3, -0.25) is 4.79 Å². The van der Waals surface area contributed by atoms with E-state index in [1.54, 1.807) is 61.7 Å². The number of hydrogen-bond donors (Lipinski definition) is 1. The van der Waals surface area contributed by atoms with E-state index in [0.717, 1.165) is 11.3 Å². The fraction of sp³-hybridized carbons (Fsp3) is 0.0800. The molecule has 1 N–H and O–H groups in total. The zero-order chi connectivity index (χ0) is 24.3. The molecule has 174 valence electrons. The molecule has 7 nitrogen and oxygen atoms in total. The van der Waals surface area contributed by atoms with Crippen molar-refractivity contribution in [3.05, 3.63) is 94.0 Å². The lowest BCUT2D eigenvalue weighted by atomic mass is 10.2. The van der Waals surface area contributed by atoms with Crippen LogP contribution < -0.4 is 19.6 Å². The third-order valence-corrected chi connectivity index (χ3v) is 4.81. The van der Waals surface area contributed by atoms with E-state index in [2.05, 4.69) is 10.5 Å². The number of methoxy groups -OCH3 is 1. The molecule has 0 saturated heterocycles. The fourth-order valence-electron chi connectivity index (χ4n) is 2.60. The predicted molar refractivity (Wildman–Crippen MR) is 132 cm³/mol. The van der Waals surface area contributed by atoms with Crippen LogP contribution in [0, 0.1) is 0 Å². The number of hydrogen-bond acceptors (Lipinski definition) is 6. The average molecular weight is 499 g/mol. The molecule has 0 spiro atoms. The summed E-state index contributed by atoms with van der Waals surface area (Å²) in [7, 11) is 1.59. The zero-order valence-corrected chi connectivity index (χ0v) is 19.5. The molecule has 34 heavy (non-hydrogen) atoms. The third kappa shape index (κ3) is 7.95. The Balaban J connectivity index is 1.43. The molecule has 0 unspecified atom stereocenters. The molecular formula is C25H20Cl2N2O5. The number of ether oxygens (including phenoxy) is 3. The van der Waals surface area contributed by atoms with Crippen molar-refractivity contribution in [2.24, 2.45) is 5.10 Å². The molecule has 0 atom stereocenters. The van der Waals surface area contributed by atoms with Gasteiger partial charge in [0.05, 0.1) is 18.3 Å². The van der Waals surface area contributed by atoms with E-state index >= 15 is 0 Å². The Bertz CT molecular complexity index is 1190. The SMILES string of the molecule is COc1ccc(C=CC(=O)Oc2ccc(C=NNC(=O)COc3ccc(Cl)cc3Cl)cc2)cc1. The second-order valence-electron chi connectivity index (χ2n) is 6.75. The second kappa shape index (κ2) is 12.4. The highest BCUT2D eigenvalue weighted by molar-refractivity contribution is 6.35. The van der Waals surface area contributed by atoms with Crippen molar-refractivity contribution in [1.29, 1.82) is 0 Å². The van der Waals surface area contributed by atoms with E-state index in [1.165, 1.54) is 18.4 Å². The van der Waals surface area contributed by atoms with Gasteiger partial charge >= 0.3 is 5.97 Å². The molecular weight excluding hydrogens is 479 g/mol. The minimum absolute atomic E-state index is 0.266. The molecule has 0 aliphatic carbocycles. The lowest BCUT2D eigenvalue weighted by Gasteiger charge is -2.07. The topological polar surface area (TPSA) is 86.2 Å². The van der Waals surface area contributed by atoms with Crippen molar-refractivity contribution in [3.8, 4) is 17.2 Å². The Morgan fingerprint density at radius 1 is 0.941 bits per heavy atom. The van der Waals surface area contributed by atoms with Crippen molar-refractivity contribution >= 4 is 47.4 Å². The van der Waals surface area contributed by atoms with Crippen LogP contribution >= 0.6 is 23.2 Å². The van der Waals surface area contributed by atoms with E-state index in [4.69, 9.17) is 37.4 Å². The Morgan fingerprint density at radius 3 is 2.29 bits per heavy atom. The minimum Gasteiger partial charge on any atom is -0.497 e. The summed E-state index contributed by atoms with van der Waals surface area (Å²) >= 11 is 11.8. The van der Waals surface area contributed by atoms with E-state index in [-0.39, 0.29) is 6.61 Å². The molecule has 0 heterocycles. The van der Waals surface area contributed by atoms with Crippen LogP contribution in [0.4, 0.5) is 0 Å². The van der Waals surface area contributed by atoms with Crippen LogP contribution in [-0.4, -0.2) is 31.8 Å².